The Kier molecular flexibility index (Phi) is 7.02. The molecule has 0 spiro atoms. The molecular weight excluding hydrogens is 268 g/mol. The highest BCUT2D eigenvalue weighted by atomic mass is 16.5. The highest BCUT2D eigenvalue weighted by molar-refractivity contribution is 5.85. The molecule has 0 heterocycles. The van der Waals surface area contributed by atoms with Crippen molar-refractivity contribution >= 4 is 16.3 Å². The quantitative estimate of drug-likeness (QED) is 0.375. The molecule has 2 aromatic carbocycles. The minimum Gasteiger partial charge on any atom is -0.501 e. The normalized spacial score (nSPS) is 11.8. The van der Waals surface area contributed by atoms with Gasteiger partial charge in [-0.1, -0.05) is 75.4 Å². The van der Waals surface area contributed by atoms with Gasteiger partial charge in [0, 0.05) is 0 Å². The van der Waals surface area contributed by atoms with E-state index >= 15 is 0 Å². The van der Waals surface area contributed by atoms with Gasteiger partial charge in [0.15, 0.2) is 0 Å². The lowest BCUT2D eigenvalue weighted by Gasteiger charge is -2.06. The first-order valence-corrected chi connectivity index (χ1v) is 8.59. The Morgan fingerprint density at radius 1 is 0.909 bits per heavy atom. The molecule has 0 saturated carbocycles. The average Bonchev–Trinajstić information content (AvgIpc) is 2.56. The van der Waals surface area contributed by atoms with Gasteiger partial charge in [-0.25, -0.2) is 0 Å². The van der Waals surface area contributed by atoms with Gasteiger partial charge < -0.3 is 4.74 Å². The van der Waals surface area contributed by atoms with Crippen molar-refractivity contribution in [3.63, 3.8) is 0 Å². The Morgan fingerprint density at radius 3 is 2.45 bits per heavy atom. The monoisotopic (exact) mass is 296 g/mol. The van der Waals surface area contributed by atoms with Gasteiger partial charge in [-0.2, -0.15) is 0 Å². The summed E-state index contributed by atoms with van der Waals surface area (Å²) < 4.78 is 5.71. The van der Waals surface area contributed by atoms with Gasteiger partial charge in [0.2, 0.25) is 0 Å². The second-order valence-electron chi connectivity index (χ2n) is 6.00. The Morgan fingerprint density at radius 2 is 1.64 bits per heavy atom. The van der Waals surface area contributed by atoms with Crippen molar-refractivity contribution in [1.82, 2.24) is 0 Å². The van der Waals surface area contributed by atoms with Crippen LogP contribution in [0.4, 0.5) is 0 Å². The number of hydrogen-bond acceptors (Lipinski definition) is 1. The molecule has 0 fully saturated rings. The number of rotatable bonds is 9. The zero-order valence-electron chi connectivity index (χ0n) is 14.0. The van der Waals surface area contributed by atoms with Gasteiger partial charge in [-0.05, 0) is 41.3 Å². The van der Waals surface area contributed by atoms with Gasteiger partial charge in [-0.15, -0.1) is 0 Å². The van der Waals surface area contributed by atoms with Crippen molar-refractivity contribution < 1.29 is 4.74 Å². The lowest BCUT2D eigenvalue weighted by atomic mass is 10.0. The Bertz CT molecular complexity index is 598. The van der Waals surface area contributed by atoms with Crippen molar-refractivity contribution in [2.45, 2.75) is 52.4 Å². The van der Waals surface area contributed by atoms with E-state index in [1.54, 1.807) is 0 Å². The van der Waals surface area contributed by atoms with E-state index in [1.165, 1.54) is 54.0 Å². The predicted molar refractivity (Wildman–Crippen MR) is 96.9 cm³/mol. The van der Waals surface area contributed by atoms with E-state index < -0.39 is 0 Å². The summed E-state index contributed by atoms with van der Waals surface area (Å²) in [6.45, 7) is 5.20. The Labute approximate surface area is 135 Å². The van der Waals surface area contributed by atoms with E-state index in [9.17, 15) is 0 Å². The fraction of sp³-hybridized carbons (Fsp3) is 0.429. The molecule has 0 N–H and O–H groups in total. The van der Waals surface area contributed by atoms with E-state index in [2.05, 4.69) is 56.3 Å². The summed E-state index contributed by atoms with van der Waals surface area (Å²) in [5.74, 6) is 0. The van der Waals surface area contributed by atoms with Crippen LogP contribution in [0, 0.1) is 0 Å². The third-order valence-corrected chi connectivity index (χ3v) is 4.08. The van der Waals surface area contributed by atoms with Crippen LogP contribution in [0.25, 0.3) is 16.3 Å². The van der Waals surface area contributed by atoms with Crippen LogP contribution < -0.4 is 0 Å². The number of benzene rings is 2. The number of fused-ring (bicyclic) bond motifs is 1. The minimum atomic E-state index is 0.830. The van der Waals surface area contributed by atoms with Crippen molar-refractivity contribution in [2.75, 3.05) is 6.61 Å². The standard InChI is InChI=1S/C21H28O/c1-3-4-5-6-7-10-15-22-17-18(2)20-14-13-19-11-8-9-12-21(19)16-20/h8-9,11-14,16-17H,3-7,10,15H2,1-2H3. The lowest BCUT2D eigenvalue weighted by Crippen LogP contribution is -1.90. The van der Waals surface area contributed by atoms with Crippen LogP contribution in [0.1, 0.15) is 57.9 Å². The highest BCUT2D eigenvalue weighted by Gasteiger charge is 1.98. The fourth-order valence-corrected chi connectivity index (χ4v) is 2.65. The predicted octanol–water partition coefficient (Wildman–Crippen LogP) is 6.58. The molecule has 2 rings (SSSR count). The maximum absolute atomic E-state index is 5.71. The van der Waals surface area contributed by atoms with Crippen molar-refractivity contribution in [2.24, 2.45) is 0 Å². The Hall–Kier alpha value is -1.76. The number of hydrogen-bond donors (Lipinski definition) is 0. The molecular formula is C21H28O. The molecule has 22 heavy (non-hydrogen) atoms. The Balaban J connectivity index is 1.78. The number of ether oxygens (including phenoxy) is 1. The van der Waals surface area contributed by atoms with Gasteiger partial charge in [-0.3, -0.25) is 0 Å². The van der Waals surface area contributed by atoms with Crippen molar-refractivity contribution in [1.29, 1.82) is 0 Å². The smallest absolute Gasteiger partial charge is 0.0873 e. The third-order valence-electron chi connectivity index (χ3n) is 4.08. The fourth-order valence-electron chi connectivity index (χ4n) is 2.65. The van der Waals surface area contributed by atoms with E-state index in [0.717, 1.165) is 13.0 Å². The highest BCUT2D eigenvalue weighted by Crippen LogP contribution is 2.21. The number of allylic oxidation sites excluding steroid dienone is 1. The molecule has 0 aromatic heterocycles. The van der Waals surface area contributed by atoms with E-state index in [4.69, 9.17) is 4.74 Å². The van der Waals surface area contributed by atoms with E-state index in [-0.39, 0.29) is 0 Å². The summed E-state index contributed by atoms with van der Waals surface area (Å²) >= 11 is 0. The van der Waals surface area contributed by atoms with Gasteiger partial charge in [0.25, 0.3) is 0 Å². The first kappa shape index (κ1) is 16.6. The van der Waals surface area contributed by atoms with E-state index in [0.29, 0.717) is 0 Å². The van der Waals surface area contributed by atoms with Crippen LogP contribution in [0.3, 0.4) is 0 Å². The zero-order valence-corrected chi connectivity index (χ0v) is 14.0. The molecule has 2 aromatic rings. The van der Waals surface area contributed by atoms with Crippen LogP contribution in [0.5, 0.6) is 0 Å². The molecule has 0 bridgehead atoms. The summed E-state index contributed by atoms with van der Waals surface area (Å²) in [4.78, 5) is 0. The molecule has 118 valence electrons. The first-order chi connectivity index (χ1) is 10.8. The minimum absolute atomic E-state index is 0.830. The maximum Gasteiger partial charge on any atom is 0.0873 e. The molecule has 0 atom stereocenters. The molecule has 0 radical (unpaired) electrons. The SMILES string of the molecule is CCCCCCCCOC=C(C)c1ccc2ccccc2c1. The summed E-state index contributed by atoms with van der Waals surface area (Å²) in [5, 5.41) is 2.57. The van der Waals surface area contributed by atoms with Gasteiger partial charge >= 0.3 is 0 Å². The summed E-state index contributed by atoms with van der Waals surface area (Å²) in [5.41, 5.74) is 2.43. The van der Waals surface area contributed by atoms with Gasteiger partial charge in [0.1, 0.15) is 0 Å². The van der Waals surface area contributed by atoms with Crippen molar-refractivity contribution in [3.8, 4) is 0 Å². The molecule has 0 saturated heterocycles. The molecule has 0 aliphatic rings. The number of unbranched alkanes of at least 4 members (excludes halogenated alkanes) is 5. The summed E-state index contributed by atoms with van der Waals surface area (Å²) in [6.07, 6.45) is 9.73. The second-order valence-corrected chi connectivity index (χ2v) is 6.00. The van der Waals surface area contributed by atoms with E-state index in [1.807, 2.05) is 6.26 Å². The lowest BCUT2D eigenvalue weighted by molar-refractivity contribution is 0.241. The molecule has 0 aliphatic carbocycles. The molecule has 1 heteroatoms. The summed E-state index contributed by atoms with van der Waals surface area (Å²) in [6, 6.07) is 15.0. The van der Waals surface area contributed by atoms with Gasteiger partial charge in [0.05, 0.1) is 12.9 Å². The molecule has 0 amide bonds. The molecule has 0 aliphatic heterocycles. The maximum atomic E-state index is 5.71. The van der Waals surface area contributed by atoms with Crippen LogP contribution >= 0.6 is 0 Å². The summed E-state index contributed by atoms with van der Waals surface area (Å²) in [7, 11) is 0. The molecule has 1 nitrogen and oxygen atoms in total. The molecule has 0 unspecified atom stereocenters. The van der Waals surface area contributed by atoms with Crippen LogP contribution in [0.15, 0.2) is 48.7 Å². The average molecular weight is 296 g/mol. The van der Waals surface area contributed by atoms with Crippen molar-refractivity contribution in [3.05, 3.63) is 54.3 Å². The topological polar surface area (TPSA) is 9.23 Å². The van der Waals surface area contributed by atoms with Crippen LogP contribution in [0.2, 0.25) is 0 Å². The zero-order chi connectivity index (χ0) is 15.6. The van der Waals surface area contributed by atoms with Crippen LogP contribution in [-0.2, 0) is 4.74 Å². The second kappa shape index (κ2) is 9.30. The third kappa shape index (κ3) is 5.22. The largest absolute Gasteiger partial charge is 0.501 e. The van der Waals surface area contributed by atoms with Crippen LogP contribution in [-0.4, -0.2) is 6.61 Å². The first-order valence-electron chi connectivity index (χ1n) is 8.59.